The molecule has 1 heterocycles. The summed E-state index contributed by atoms with van der Waals surface area (Å²) in [6.45, 7) is 4.84. The maximum absolute atomic E-state index is 12.4. The van der Waals surface area contributed by atoms with E-state index in [1.165, 1.54) is 25.7 Å². The fraction of sp³-hybridized carbons (Fsp3) is 0.826. The van der Waals surface area contributed by atoms with Crippen molar-refractivity contribution in [1.29, 1.82) is 0 Å². The van der Waals surface area contributed by atoms with Crippen molar-refractivity contribution in [3.63, 3.8) is 0 Å². The number of carbonyl (C=O) groups is 2. The lowest BCUT2D eigenvalue weighted by Gasteiger charge is -2.60. The number of alkyl halides is 1. The first kappa shape index (κ1) is 20.4. The third-order valence-corrected chi connectivity index (χ3v) is 9.56. The maximum atomic E-state index is 12.4. The summed E-state index contributed by atoms with van der Waals surface area (Å²) in [5.74, 6) is 2.45. The van der Waals surface area contributed by atoms with E-state index in [-0.39, 0.29) is 22.6 Å². The molecular weight excluding hydrogens is 416 g/mol. The third kappa shape index (κ3) is 3.07. The Morgan fingerprint density at radius 2 is 2.00 bits per heavy atom. The van der Waals surface area contributed by atoms with Gasteiger partial charge in [0.1, 0.15) is 0 Å². The molecule has 0 spiro atoms. The number of fused-ring (bicyclic) bond motifs is 5. The van der Waals surface area contributed by atoms with Crippen LogP contribution in [-0.4, -0.2) is 41.2 Å². The van der Waals surface area contributed by atoms with E-state index >= 15 is 0 Å². The molecule has 3 aliphatic carbocycles. The number of amides is 2. The number of hydrogen-bond acceptors (Lipinski definition) is 2. The minimum absolute atomic E-state index is 0.101. The zero-order chi connectivity index (χ0) is 20.1. The van der Waals surface area contributed by atoms with Crippen molar-refractivity contribution in [2.75, 3.05) is 12.4 Å². The molecule has 0 aromatic carbocycles. The van der Waals surface area contributed by atoms with E-state index < -0.39 is 0 Å². The van der Waals surface area contributed by atoms with Gasteiger partial charge in [-0.2, -0.15) is 0 Å². The van der Waals surface area contributed by atoms with Gasteiger partial charge in [0, 0.05) is 36.3 Å². The molecule has 0 aromatic rings. The number of nitrogens with zero attached hydrogens (tertiary/aromatic N) is 1. The van der Waals surface area contributed by atoms with Crippen LogP contribution in [0.15, 0.2) is 12.2 Å². The van der Waals surface area contributed by atoms with Crippen molar-refractivity contribution in [2.45, 2.75) is 77.3 Å². The Hall–Kier alpha value is -0.840. The molecule has 3 fully saturated rings. The van der Waals surface area contributed by atoms with Crippen molar-refractivity contribution in [3.05, 3.63) is 12.2 Å². The molecular formula is C23H35BrN2O2. The van der Waals surface area contributed by atoms with Crippen molar-refractivity contribution in [1.82, 2.24) is 10.2 Å². The quantitative estimate of drug-likeness (QED) is 0.649. The predicted molar refractivity (Wildman–Crippen MR) is 115 cm³/mol. The SMILES string of the molecule is CN1C(=O)C=C[C@]2(C)[C@H]3CC[C@]4(C)[C@@H](NC(=O)CCCBr)CC[C@H]4[C@@H]3CC[C@@H]12. The summed E-state index contributed by atoms with van der Waals surface area (Å²) in [5.41, 5.74) is 0.332. The third-order valence-electron chi connectivity index (χ3n) is 9.00. The molecule has 2 amide bonds. The number of likely N-dealkylation sites (N-methyl/N-ethyl adjacent to an activating group) is 1. The molecule has 1 N–H and O–H groups in total. The summed E-state index contributed by atoms with van der Waals surface area (Å²) >= 11 is 3.43. The van der Waals surface area contributed by atoms with Gasteiger partial charge in [-0.15, -0.1) is 0 Å². The smallest absolute Gasteiger partial charge is 0.246 e. The van der Waals surface area contributed by atoms with Crippen LogP contribution in [-0.2, 0) is 9.59 Å². The van der Waals surface area contributed by atoms with Crippen molar-refractivity contribution in [2.24, 2.45) is 28.6 Å². The summed E-state index contributed by atoms with van der Waals surface area (Å²) in [7, 11) is 1.98. The van der Waals surface area contributed by atoms with E-state index in [9.17, 15) is 9.59 Å². The lowest BCUT2D eigenvalue weighted by Crippen LogP contribution is -2.60. The average molecular weight is 451 g/mol. The minimum atomic E-state index is 0.101. The van der Waals surface area contributed by atoms with Gasteiger partial charge < -0.3 is 10.2 Å². The average Bonchev–Trinajstić information content (AvgIpc) is 3.00. The minimum Gasteiger partial charge on any atom is -0.353 e. The van der Waals surface area contributed by atoms with E-state index in [4.69, 9.17) is 0 Å². The van der Waals surface area contributed by atoms with Gasteiger partial charge in [-0.1, -0.05) is 35.9 Å². The highest BCUT2D eigenvalue weighted by molar-refractivity contribution is 9.09. The molecule has 156 valence electrons. The molecule has 28 heavy (non-hydrogen) atoms. The second-order valence-electron chi connectivity index (χ2n) is 10.2. The van der Waals surface area contributed by atoms with E-state index in [0.29, 0.717) is 30.3 Å². The van der Waals surface area contributed by atoms with Gasteiger partial charge in [-0.3, -0.25) is 9.59 Å². The second-order valence-corrected chi connectivity index (χ2v) is 10.9. The van der Waals surface area contributed by atoms with E-state index in [1.54, 1.807) is 0 Å². The van der Waals surface area contributed by atoms with Gasteiger partial charge >= 0.3 is 0 Å². The van der Waals surface area contributed by atoms with Gasteiger partial charge in [-0.05, 0) is 74.2 Å². The van der Waals surface area contributed by atoms with Crippen molar-refractivity contribution >= 4 is 27.7 Å². The first-order chi connectivity index (χ1) is 13.3. The zero-order valence-corrected chi connectivity index (χ0v) is 19.1. The van der Waals surface area contributed by atoms with Crippen LogP contribution < -0.4 is 5.32 Å². The highest BCUT2D eigenvalue weighted by Crippen LogP contribution is 2.63. The van der Waals surface area contributed by atoms with Crippen LogP contribution in [0.4, 0.5) is 0 Å². The van der Waals surface area contributed by atoms with Crippen molar-refractivity contribution < 1.29 is 9.59 Å². The fourth-order valence-electron chi connectivity index (χ4n) is 7.47. The van der Waals surface area contributed by atoms with Gasteiger partial charge in [0.15, 0.2) is 0 Å². The number of carbonyl (C=O) groups excluding carboxylic acids is 2. The summed E-state index contributed by atoms with van der Waals surface area (Å²) in [6.07, 6.45) is 12.7. The molecule has 0 saturated heterocycles. The van der Waals surface area contributed by atoms with E-state index in [2.05, 4.69) is 41.2 Å². The zero-order valence-electron chi connectivity index (χ0n) is 17.5. The molecule has 7 atom stereocenters. The molecule has 4 nitrogen and oxygen atoms in total. The molecule has 0 aromatic heterocycles. The number of rotatable bonds is 4. The Kier molecular flexibility index (Phi) is 5.43. The first-order valence-electron chi connectivity index (χ1n) is 11.1. The number of halogens is 1. The Morgan fingerprint density at radius 3 is 2.75 bits per heavy atom. The van der Waals surface area contributed by atoms with Crippen LogP contribution in [0.25, 0.3) is 0 Å². The van der Waals surface area contributed by atoms with Gasteiger partial charge in [0.2, 0.25) is 11.8 Å². The largest absolute Gasteiger partial charge is 0.353 e. The molecule has 0 bridgehead atoms. The summed E-state index contributed by atoms with van der Waals surface area (Å²) in [6, 6.07) is 0.676. The molecule has 3 saturated carbocycles. The lowest BCUT2D eigenvalue weighted by atomic mass is 9.48. The van der Waals surface area contributed by atoms with E-state index in [0.717, 1.165) is 30.5 Å². The highest BCUT2D eigenvalue weighted by atomic mass is 79.9. The Bertz CT molecular complexity index is 680. The van der Waals surface area contributed by atoms with E-state index in [1.807, 2.05) is 18.0 Å². The van der Waals surface area contributed by atoms with Crippen LogP contribution in [0, 0.1) is 28.6 Å². The molecule has 4 aliphatic rings. The Morgan fingerprint density at radius 1 is 1.21 bits per heavy atom. The molecule has 0 unspecified atom stereocenters. The second kappa shape index (κ2) is 7.45. The molecule has 0 radical (unpaired) electrons. The molecule has 1 aliphatic heterocycles. The van der Waals surface area contributed by atoms with Gasteiger partial charge in [0.25, 0.3) is 0 Å². The van der Waals surface area contributed by atoms with Crippen LogP contribution in [0.2, 0.25) is 0 Å². The number of nitrogens with one attached hydrogen (secondary N) is 1. The number of hydrogen-bond donors (Lipinski definition) is 1. The first-order valence-corrected chi connectivity index (χ1v) is 12.2. The maximum Gasteiger partial charge on any atom is 0.246 e. The summed E-state index contributed by atoms with van der Waals surface area (Å²) < 4.78 is 0. The molecule has 4 rings (SSSR count). The fourth-order valence-corrected chi connectivity index (χ4v) is 7.75. The topological polar surface area (TPSA) is 49.4 Å². The normalized spacial score (nSPS) is 44.6. The van der Waals surface area contributed by atoms with Gasteiger partial charge in [0.05, 0.1) is 0 Å². The van der Waals surface area contributed by atoms with Crippen LogP contribution in [0.3, 0.4) is 0 Å². The standard InChI is InChI=1S/C23H35BrN2O2/c1-22-12-10-17-15(6-9-19-23(17,2)13-11-21(28)26(19)3)16(22)7-8-18(22)25-20(27)5-4-14-24/h11,13,15-19H,4-10,12,14H2,1-3H3,(H,25,27)/t15-,16-,17-,18-,19+,22-,23+/m0/s1. The Labute approximate surface area is 178 Å². The monoisotopic (exact) mass is 450 g/mol. The lowest BCUT2D eigenvalue weighted by molar-refractivity contribution is -0.138. The van der Waals surface area contributed by atoms with Gasteiger partial charge in [-0.25, -0.2) is 0 Å². The highest BCUT2D eigenvalue weighted by Gasteiger charge is 2.60. The Balaban J connectivity index is 1.53. The van der Waals surface area contributed by atoms with Crippen LogP contribution in [0.5, 0.6) is 0 Å². The summed E-state index contributed by atoms with van der Waals surface area (Å²) in [5, 5.41) is 4.29. The van der Waals surface area contributed by atoms with Crippen molar-refractivity contribution in [3.8, 4) is 0 Å². The summed E-state index contributed by atoms with van der Waals surface area (Å²) in [4.78, 5) is 26.6. The predicted octanol–water partition coefficient (Wildman–Crippen LogP) is 4.29. The van der Waals surface area contributed by atoms with Crippen LogP contribution >= 0.6 is 15.9 Å². The molecule has 5 heteroatoms. The van der Waals surface area contributed by atoms with Crippen LogP contribution in [0.1, 0.15) is 65.2 Å².